The maximum Gasteiger partial charge on any atom is 0.228 e. The second-order valence-electron chi connectivity index (χ2n) is 6.23. The molecule has 5 nitrogen and oxygen atoms in total. The zero-order chi connectivity index (χ0) is 14.2. The van der Waals surface area contributed by atoms with Crippen LogP contribution in [-0.4, -0.2) is 47.7 Å². The lowest BCUT2D eigenvalue weighted by molar-refractivity contribution is -0.137. The van der Waals surface area contributed by atoms with Gasteiger partial charge in [-0.15, -0.1) is 0 Å². The number of carbonyl (C=O) groups excluding carboxylic acids is 1. The van der Waals surface area contributed by atoms with Crippen molar-refractivity contribution < 1.29 is 14.3 Å². The number of pyridine rings is 1. The van der Waals surface area contributed by atoms with Gasteiger partial charge in [-0.2, -0.15) is 0 Å². The number of piperidine rings is 1. The molecule has 1 aliphatic carbocycles. The molecule has 0 aromatic carbocycles. The van der Waals surface area contributed by atoms with Crippen molar-refractivity contribution in [1.29, 1.82) is 0 Å². The van der Waals surface area contributed by atoms with E-state index in [0.717, 1.165) is 31.6 Å². The SMILES string of the molecule is O=C([C@H]1CCOC1)N1C[C@H]2CC[C@H]1[C@@H]2Oc1cccnc1. The molecule has 5 heteroatoms. The van der Waals surface area contributed by atoms with Gasteiger partial charge in [0.1, 0.15) is 11.9 Å². The molecule has 2 aliphatic heterocycles. The summed E-state index contributed by atoms with van der Waals surface area (Å²) in [6.07, 6.45) is 6.68. The Kier molecular flexibility index (Phi) is 3.30. The predicted octanol–water partition coefficient (Wildman–Crippen LogP) is 1.49. The summed E-state index contributed by atoms with van der Waals surface area (Å²) in [7, 11) is 0. The number of amides is 1. The summed E-state index contributed by atoms with van der Waals surface area (Å²) < 4.78 is 11.5. The highest BCUT2D eigenvalue weighted by Gasteiger charge is 2.51. The molecular weight excluding hydrogens is 268 g/mol. The van der Waals surface area contributed by atoms with Crippen LogP contribution in [0.5, 0.6) is 5.75 Å². The normalized spacial score (nSPS) is 34.4. The van der Waals surface area contributed by atoms with Crippen LogP contribution in [0.2, 0.25) is 0 Å². The number of aromatic nitrogens is 1. The summed E-state index contributed by atoms with van der Waals surface area (Å²) in [4.78, 5) is 18.8. The van der Waals surface area contributed by atoms with Crippen molar-refractivity contribution in [1.82, 2.24) is 9.88 Å². The van der Waals surface area contributed by atoms with Gasteiger partial charge in [0.15, 0.2) is 0 Å². The first-order valence-corrected chi connectivity index (χ1v) is 7.78. The number of ether oxygens (including phenoxy) is 2. The van der Waals surface area contributed by atoms with Crippen molar-refractivity contribution in [2.75, 3.05) is 19.8 Å². The minimum absolute atomic E-state index is 0.0587. The van der Waals surface area contributed by atoms with E-state index in [1.54, 1.807) is 12.4 Å². The van der Waals surface area contributed by atoms with Gasteiger partial charge < -0.3 is 14.4 Å². The van der Waals surface area contributed by atoms with E-state index in [4.69, 9.17) is 9.47 Å². The van der Waals surface area contributed by atoms with Crippen LogP contribution in [0.1, 0.15) is 19.3 Å². The molecule has 0 spiro atoms. The second-order valence-corrected chi connectivity index (χ2v) is 6.23. The number of carbonyl (C=O) groups is 1. The Morgan fingerprint density at radius 1 is 1.38 bits per heavy atom. The summed E-state index contributed by atoms with van der Waals surface area (Å²) in [5, 5.41) is 0. The summed E-state index contributed by atoms with van der Waals surface area (Å²) in [6, 6.07) is 4.04. The topological polar surface area (TPSA) is 51.7 Å². The minimum Gasteiger partial charge on any atom is -0.486 e. The molecule has 3 heterocycles. The lowest BCUT2D eigenvalue weighted by Gasteiger charge is -2.29. The molecule has 112 valence electrons. The Labute approximate surface area is 124 Å². The van der Waals surface area contributed by atoms with Crippen LogP contribution >= 0.6 is 0 Å². The number of fused-ring (bicyclic) bond motifs is 2. The molecular formula is C16H20N2O3. The van der Waals surface area contributed by atoms with Gasteiger partial charge in [-0.05, 0) is 31.4 Å². The number of hydrogen-bond acceptors (Lipinski definition) is 4. The van der Waals surface area contributed by atoms with Crippen LogP contribution in [0, 0.1) is 11.8 Å². The van der Waals surface area contributed by atoms with Gasteiger partial charge in [0.2, 0.25) is 5.91 Å². The zero-order valence-corrected chi connectivity index (χ0v) is 12.0. The van der Waals surface area contributed by atoms with E-state index in [2.05, 4.69) is 9.88 Å². The van der Waals surface area contributed by atoms with E-state index in [-0.39, 0.29) is 24.0 Å². The Hall–Kier alpha value is -1.62. The fourth-order valence-electron chi connectivity index (χ4n) is 3.91. The standard InChI is InChI=1S/C16H20N2O3/c19-16(12-5-7-20-10-12)18-9-11-3-4-14(18)15(11)21-13-2-1-6-17-8-13/h1-2,6,8,11-12,14-15H,3-5,7,9-10H2/t11-,12+,14+,15-/m1/s1. The van der Waals surface area contributed by atoms with E-state index in [0.29, 0.717) is 19.1 Å². The van der Waals surface area contributed by atoms with E-state index < -0.39 is 0 Å². The molecule has 1 aromatic heterocycles. The first kappa shape index (κ1) is 13.1. The van der Waals surface area contributed by atoms with Crippen LogP contribution in [-0.2, 0) is 9.53 Å². The van der Waals surface area contributed by atoms with E-state index >= 15 is 0 Å². The molecule has 1 saturated carbocycles. The van der Waals surface area contributed by atoms with Crippen LogP contribution in [0.4, 0.5) is 0 Å². The maximum absolute atomic E-state index is 12.6. The first-order valence-electron chi connectivity index (χ1n) is 7.78. The quantitative estimate of drug-likeness (QED) is 0.845. The van der Waals surface area contributed by atoms with Crippen molar-refractivity contribution in [2.24, 2.45) is 11.8 Å². The van der Waals surface area contributed by atoms with Crippen LogP contribution in [0.25, 0.3) is 0 Å². The molecule has 2 bridgehead atoms. The van der Waals surface area contributed by atoms with Gasteiger partial charge in [-0.25, -0.2) is 0 Å². The Balaban J connectivity index is 1.47. The van der Waals surface area contributed by atoms with Crippen molar-refractivity contribution in [3.63, 3.8) is 0 Å². The summed E-state index contributed by atoms with van der Waals surface area (Å²) in [5.74, 6) is 1.59. The van der Waals surface area contributed by atoms with Gasteiger partial charge >= 0.3 is 0 Å². The molecule has 1 aromatic rings. The number of hydrogen-bond donors (Lipinski definition) is 0. The molecule has 0 N–H and O–H groups in total. The largest absolute Gasteiger partial charge is 0.486 e. The maximum atomic E-state index is 12.6. The molecule has 2 saturated heterocycles. The van der Waals surface area contributed by atoms with Crippen LogP contribution in [0.15, 0.2) is 24.5 Å². The monoisotopic (exact) mass is 288 g/mol. The van der Waals surface area contributed by atoms with Gasteiger partial charge in [0.25, 0.3) is 0 Å². The second kappa shape index (κ2) is 5.30. The molecule has 0 unspecified atom stereocenters. The molecule has 3 aliphatic rings. The summed E-state index contributed by atoms with van der Waals surface area (Å²) in [5.41, 5.74) is 0. The highest BCUT2D eigenvalue weighted by atomic mass is 16.5. The van der Waals surface area contributed by atoms with Crippen LogP contribution < -0.4 is 4.74 Å². The lowest BCUT2D eigenvalue weighted by atomic mass is 10.0. The lowest BCUT2D eigenvalue weighted by Crippen LogP contribution is -2.43. The molecule has 4 atom stereocenters. The fourth-order valence-corrected chi connectivity index (χ4v) is 3.91. The number of likely N-dealkylation sites (tertiary alicyclic amines) is 1. The van der Waals surface area contributed by atoms with Crippen LogP contribution in [0.3, 0.4) is 0 Å². The fraction of sp³-hybridized carbons (Fsp3) is 0.625. The third kappa shape index (κ3) is 2.29. The van der Waals surface area contributed by atoms with Gasteiger partial charge in [-0.3, -0.25) is 9.78 Å². The number of nitrogens with zero attached hydrogens (tertiary/aromatic N) is 2. The Morgan fingerprint density at radius 2 is 2.33 bits per heavy atom. The average Bonchev–Trinajstić information content (AvgIpc) is 3.24. The number of rotatable bonds is 3. The van der Waals surface area contributed by atoms with Crippen molar-refractivity contribution in [3.8, 4) is 5.75 Å². The third-order valence-electron chi connectivity index (χ3n) is 4.98. The molecule has 0 radical (unpaired) electrons. The molecule has 21 heavy (non-hydrogen) atoms. The van der Waals surface area contributed by atoms with Crippen molar-refractivity contribution >= 4 is 5.91 Å². The first-order chi connectivity index (χ1) is 10.3. The van der Waals surface area contributed by atoms with E-state index in [1.807, 2.05) is 12.1 Å². The molecule has 3 fully saturated rings. The highest BCUT2D eigenvalue weighted by molar-refractivity contribution is 5.80. The summed E-state index contributed by atoms with van der Waals surface area (Å²) >= 11 is 0. The third-order valence-corrected chi connectivity index (χ3v) is 4.98. The van der Waals surface area contributed by atoms with Gasteiger partial charge in [0.05, 0.1) is 24.8 Å². The Morgan fingerprint density at radius 3 is 3.10 bits per heavy atom. The smallest absolute Gasteiger partial charge is 0.228 e. The highest BCUT2D eigenvalue weighted by Crippen LogP contribution is 2.41. The average molecular weight is 288 g/mol. The van der Waals surface area contributed by atoms with Crippen molar-refractivity contribution in [2.45, 2.75) is 31.4 Å². The molecule has 1 amide bonds. The minimum atomic E-state index is 0.0587. The predicted molar refractivity (Wildman–Crippen MR) is 75.8 cm³/mol. The zero-order valence-electron chi connectivity index (χ0n) is 12.0. The summed E-state index contributed by atoms with van der Waals surface area (Å²) in [6.45, 7) is 2.14. The Bertz CT molecular complexity index is 516. The molecule has 4 rings (SSSR count). The van der Waals surface area contributed by atoms with E-state index in [9.17, 15) is 4.79 Å². The van der Waals surface area contributed by atoms with Gasteiger partial charge in [0, 0.05) is 25.3 Å². The van der Waals surface area contributed by atoms with E-state index in [1.165, 1.54) is 0 Å². The van der Waals surface area contributed by atoms with Gasteiger partial charge in [-0.1, -0.05) is 0 Å². The van der Waals surface area contributed by atoms with Crippen molar-refractivity contribution in [3.05, 3.63) is 24.5 Å².